The highest BCUT2D eigenvalue weighted by Gasteiger charge is 2.10. The SMILES string of the molecule is CC(C)(C)NCc1ccc(COc2ccc(F)cc2Br)s1. The van der Waals surface area contributed by atoms with Gasteiger partial charge in [0.1, 0.15) is 18.2 Å². The lowest BCUT2D eigenvalue weighted by molar-refractivity contribution is 0.307. The minimum absolute atomic E-state index is 0.111. The van der Waals surface area contributed by atoms with E-state index in [0.29, 0.717) is 16.8 Å². The average molecular weight is 372 g/mol. The molecule has 0 spiro atoms. The van der Waals surface area contributed by atoms with E-state index in [9.17, 15) is 4.39 Å². The first-order valence-corrected chi connectivity index (χ1v) is 8.35. The van der Waals surface area contributed by atoms with Gasteiger partial charge < -0.3 is 10.1 Å². The summed E-state index contributed by atoms with van der Waals surface area (Å²) in [5, 5.41) is 3.46. The van der Waals surface area contributed by atoms with Crippen molar-refractivity contribution >= 4 is 27.3 Å². The highest BCUT2D eigenvalue weighted by atomic mass is 79.9. The molecule has 0 saturated carbocycles. The van der Waals surface area contributed by atoms with Crippen LogP contribution in [0, 0.1) is 5.82 Å². The zero-order chi connectivity index (χ0) is 15.5. The Morgan fingerprint density at radius 3 is 2.57 bits per heavy atom. The summed E-state index contributed by atoms with van der Waals surface area (Å²) in [4.78, 5) is 2.43. The maximum Gasteiger partial charge on any atom is 0.134 e. The largest absolute Gasteiger partial charge is 0.487 e. The van der Waals surface area contributed by atoms with E-state index < -0.39 is 0 Å². The monoisotopic (exact) mass is 371 g/mol. The fourth-order valence-corrected chi connectivity index (χ4v) is 3.02. The molecule has 0 atom stereocenters. The van der Waals surface area contributed by atoms with E-state index in [-0.39, 0.29) is 11.4 Å². The van der Waals surface area contributed by atoms with Crippen LogP contribution in [0.4, 0.5) is 4.39 Å². The number of nitrogens with one attached hydrogen (secondary N) is 1. The highest BCUT2D eigenvalue weighted by molar-refractivity contribution is 9.10. The predicted molar refractivity (Wildman–Crippen MR) is 89.3 cm³/mol. The quantitative estimate of drug-likeness (QED) is 0.787. The Morgan fingerprint density at radius 2 is 1.90 bits per heavy atom. The van der Waals surface area contributed by atoms with Gasteiger partial charge in [0.2, 0.25) is 0 Å². The van der Waals surface area contributed by atoms with Gasteiger partial charge in [-0.25, -0.2) is 4.39 Å². The third-order valence-corrected chi connectivity index (χ3v) is 4.45. The van der Waals surface area contributed by atoms with Gasteiger partial charge >= 0.3 is 0 Å². The second-order valence-corrected chi connectivity index (χ2v) is 7.94. The molecule has 21 heavy (non-hydrogen) atoms. The van der Waals surface area contributed by atoms with Crippen molar-refractivity contribution in [2.24, 2.45) is 0 Å². The maximum absolute atomic E-state index is 13.0. The molecule has 1 heterocycles. The predicted octanol–water partition coefficient (Wildman–Crippen LogP) is 5.12. The Hall–Kier alpha value is -0.910. The smallest absolute Gasteiger partial charge is 0.134 e. The average Bonchev–Trinajstić information content (AvgIpc) is 2.82. The highest BCUT2D eigenvalue weighted by Crippen LogP contribution is 2.27. The van der Waals surface area contributed by atoms with E-state index in [2.05, 4.69) is 54.2 Å². The maximum atomic E-state index is 13.0. The molecule has 2 aromatic rings. The van der Waals surface area contributed by atoms with E-state index in [4.69, 9.17) is 4.74 Å². The lowest BCUT2D eigenvalue weighted by atomic mass is 10.1. The van der Waals surface area contributed by atoms with Crippen LogP contribution >= 0.6 is 27.3 Å². The van der Waals surface area contributed by atoms with Gasteiger partial charge in [0.15, 0.2) is 0 Å². The number of ether oxygens (including phenoxy) is 1. The minimum atomic E-state index is -0.277. The summed E-state index contributed by atoms with van der Waals surface area (Å²) in [6, 6.07) is 8.62. The molecule has 0 aliphatic heterocycles. The van der Waals surface area contributed by atoms with Crippen LogP contribution in [0.1, 0.15) is 30.5 Å². The van der Waals surface area contributed by atoms with Gasteiger partial charge in [-0.1, -0.05) is 0 Å². The van der Waals surface area contributed by atoms with Crippen molar-refractivity contribution < 1.29 is 9.13 Å². The van der Waals surface area contributed by atoms with Crippen LogP contribution in [-0.4, -0.2) is 5.54 Å². The van der Waals surface area contributed by atoms with E-state index in [1.54, 1.807) is 17.4 Å². The molecule has 2 rings (SSSR count). The van der Waals surface area contributed by atoms with Crippen LogP contribution in [0.3, 0.4) is 0 Å². The molecule has 5 heteroatoms. The zero-order valence-electron chi connectivity index (χ0n) is 12.4. The molecule has 0 unspecified atom stereocenters. The van der Waals surface area contributed by atoms with Gasteiger partial charge in [-0.05, 0) is 67.0 Å². The van der Waals surface area contributed by atoms with Gasteiger partial charge in [0.05, 0.1) is 4.47 Å². The fourth-order valence-electron chi connectivity index (χ4n) is 1.69. The first-order valence-electron chi connectivity index (χ1n) is 6.74. The van der Waals surface area contributed by atoms with Crippen LogP contribution in [0.2, 0.25) is 0 Å². The lowest BCUT2D eigenvalue weighted by Gasteiger charge is -2.19. The molecule has 0 amide bonds. The van der Waals surface area contributed by atoms with Crippen molar-refractivity contribution in [2.75, 3.05) is 0 Å². The molecule has 0 radical (unpaired) electrons. The number of rotatable bonds is 5. The Kier molecular flexibility index (Phi) is 5.41. The molecule has 0 aliphatic carbocycles. The molecular formula is C16H19BrFNOS. The summed E-state index contributed by atoms with van der Waals surface area (Å²) >= 11 is 5.03. The molecule has 2 nitrogen and oxygen atoms in total. The molecule has 0 aliphatic rings. The van der Waals surface area contributed by atoms with E-state index in [0.717, 1.165) is 11.4 Å². The Morgan fingerprint density at radius 1 is 1.19 bits per heavy atom. The number of benzene rings is 1. The van der Waals surface area contributed by atoms with Crippen LogP contribution in [-0.2, 0) is 13.2 Å². The Labute approximate surface area is 137 Å². The summed E-state index contributed by atoms with van der Waals surface area (Å²) in [6.45, 7) is 7.79. The summed E-state index contributed by atoms with van der Waals surface area (Å²) in [7, 11) is 0. The summed E-state index contributed by atoms with van der Waals surface area (Å²) in [5.74, 6) is 0.375. The Bertz CT molecular complexity index is 607. The third kappa shape index (κ3) is 5.41. The first-order chi connectivity index (χ1) is 9.83. The van der Waals surface area contributed by atoms with Crippen LogP contribution in [0.15, 0.2) is 34.8 Å². The van der Waals surface area contributed by atoms with Gasteiger partial charge in [-0.3, -0.25) is 0 Å². The fraction of sp³-hybridized carbons (Fsp3) is 0.375. The molecular weight excluding hydrogens is 353 g/mol. The normalized spacial score (nSPS) is 11.7. The minimum Gasteiger partial charge on any atom is -0.487 e. The molecule has 1 N–H and O–H groups in total. The number of hydrogen-bond donors (Lipinski definition) is 1. The summed E-state index contributed by atoms with van der Waals surface area (Å²) in [6.07, 6.45) is 0. The van der Waals surface area contributed by atoms with Crippen molar-refractivity contribution in [1.29, 1.82) is 0 Å². The van der Waals surface area contributed by atoms with Crippen molar-refractivity contribution in [3.05, 3.63) is 50.4 Å². The third-order valence-electron chi connectivity index (χ3n) is 2.77. The topological polar surface area (TPSA) is 21.3 Å². The van der Waals surface area contributed by atoms with Crippen molar-refractivity contribution in [2.45, 2.75) is 39.5 Å². The second-order valence-electron chi connectivity index (χ2n) is 5.83. The number of hydrogen-bond acceptors (Lipinski definition) is 3. The van der Waals surface area contributed by atoms with Gasteiger partial charge in [0.25, 0.3) is 0 Å². The van der Waals surface area contributed by atoms with Crippen molar-refractivity contribution in [3.8, 4) is 5.75 Å². The second kappa shape index (κ2) is 6.90. The lowest BCUT2D eigenvalue weighted by Crippen LogP contribution is -2.34. The number of halogens is 2. The van der Waals surface area contributed by atoms with Gasteiger partial charge in [-0.2, -0.15) is 0 Å². The zero-order valence-corrected chi connectivity index (χ0v) is 14.8. The van der Waals surface area contributed by atoms with Crippen LogP contribution < -0.4 is 10.1 Å². The first kappa shape index (κ1) is 16.5. The molecule has 0 bridgehead atoms. The standard InChI is InChI=1S/C16H19BrFNOS/c1-16(2,3)19-9-12-5-6-13(21-12)10-20-15-7-4-11(18)8-14(15)17/h4-8,19H,9-10H2,1-3H3. The van der Waals surface area contributed by atoms with Crippen LogP contribution in [0.25, 0.3) is 0 Å². The van der Waals surface area contributed by atoms with Crippen molar-refractivity contribution in [3.63, 3.8) is 0 Å². The summed E-state index contributed by atoms with van der Waals surface area (Å²) < 4.78 is 19.4. The molecule has 0 saturated heterocycles. The summed E-state index contributed by atoms with van der Waals surface area (Å²) in [5.41, 5.74) is 0.111. The molecule has 1 aromatic heterocycles. The number of thiophene rings is 1. The Balaban J connectivity index is 1.90. The van der Waals surface area contributed by atoms with Crippen molar-refractivity contribution in [1.82, 2.24) is 5.32 Å². The molecule has 0 fully saturated rings. The molecule has 114 valence electrons. The van der Waals surface area contributed by atoms with E-state index in [1.165, 1.54) is 17.0 Å². The van der Waals surface area contributed by atoms with Gasteiger partial charge in [-0.15, -0.1) is 11.3 Å². The van der Waals surface area contributed by atoms with E-state index >= 15 is 0 Å². The van der Waals surface area contributed by atoms with Crippen LogP contribution in [0.5, 0.6) is 5.75 Å². The van der Waals surface area contributed by atoms with Gasteiger partial charge in [0, 0.05) is 21.8 Å². The molecule has 1 aromatic carbocycles. The van der Waals surface area contributed by atoms with E-state index in [1.807, 2.05) is 0 Å².